The van der Waals surface area contributed by atoms with Crippen LogP contribution in [0.3, 0.4) is 0 Å². The molecule has 0 aliphatic carbocycles. The summed E-state index contributed by atoms with van der Waals surface area (Å²) in [5.41, 5.74) is 2.66. The van der Waals surface area contributed by atoms with Crippen LogP contribution in [0.2, 0.25) is 0 Å². The maximum absolute atomic E-state index is 12.1. The summed E-state index contributed by atoms with van der Waals surface area (Å²) < 4.78 is 46.3. The molecule has 10 heteroatoms. The second kappa shape index (κ2) is 13.3. The quantitative estimate of drug-likeness (QED) is 0.287. The van der Waals surface area contributed by atoms with E-state index in [1.807, 2.05) is 31.2 Å². The molecule has 6 nitrogen and oxygen atoms in total. The topological polar surface area (TPSA) is 67.8 Å². The van der Waals surface area contributed by atoms with Crippen molar-refractivity contribution >= 4 is 29.9 Å². The molecular formula is C20H26F3IN4O2. The minimum Gasteiger partial charge on any atom is -0.478 e. The number of nitrogens with zero attached hydrogens (tertiary/aromatic N) is 2. The van der Waals surface area contributed by atoms with Gasteiger partial charge in [0.1, 0.15) is 6.61 Å². The van der Waals surface area contributed by atoms with E-state index < -0.39 is 12.8 Å². The first kappa shape index (κ1) is 26.0. The highest BCUT2D eigenvalue weighted by Crippen LogP contribution is 2.16. The van der Waals surface area contributed by atoms with E-state index in [4.69, 9.17) is 4.74 Å². The predicted molar refractivity (Wildman–Crippen MR) is 120 cm³/mol. The van der Waals surface area contributed by atoms with Crippen LogP contribution in [0.5, 0.6) is 5.88 Å². The summed E-state index contributed by atoms with van der Waals surface area (Å²) in [5, 5.41) is 6.40. The standard InChI is InChI=1S/C20H25F3N4O2.HI/c1-3-29-18-10-17(8-9-25-18)12-27-19(24-2)26-11-15-4-6-16(7-5-15)13-28-14-20(21,22)23;/h4-10H,3,11-14H2,1-2H3,(H2,24,26,27);1H. The summed E-state index contributed by atoms with van der Waals surface area (Å²) >= 11 is 0. The summed E-state index contributed by atoms with van der Waals surface area (Å²) in [5.74, 6) is 1.20. The van der Waals surface area contributed by atoms with Crippen molar-refractivity contribution < 1.29 is 22.6 Å². The summed E-state index contributed by atoms with van der Waals surface area (Å²) in [6, 6.07) is 10.9. The van der Waals surface area contributed by atoms with Crippen molar-refractivity contribution in [2.75, 3.05) is 20.3 Å². The van der Waals surface area contributed by atoms with E-state index in [-0.39, 0.29) is 30.6 Å². The second-order valence-electron chi connectivity index (χ2n) is 6.14. The Labute approximate surface area is 191 Å². The first-order chi connectivity index (χ1) is 13.9. The number of alkyl halides is 3. The summed E-state index contributed by atoms with van der Waals surface area (Å²) in [7, 11) is 1.68. The van der Waals surface area contributed by atoms with Crippen LogP contribution in [0.4, 0.5) is 13.2 Å². The first-order valence-corrected chi connectivity index (χ1v) is 9.14. The number of pyridine rings is 1. The largest absolute Gasteiger partial charge is 0.478 e. The molecule has 0 fully saturated rings. The number of hydrogen-bond donors (Lipinski definition) is 2. The normalized spacial score (nSPS) is 11.6. The summed E-state index contributed by atoms with van der Waals surface area (Å²) in [4.78, 5) is 8.31. The molecule has 0 bridgehead atoms. The number of nitrogens with one attached hydrogen (secondary N) is 2. The molecule has 2 N–H and O–H groups in total. The number of aliphatic imine (C=N–C) groups is 1. The van der Waals surface area contributed by atoms with Gasteiger partial charge in [0, 0.05) is 32.4 Å². The first-order valence-electron chi connectivity index (χ1n) is 9.14. The molecule has 0 saturated carbocycles. The molecule has 1 heterocycles. The number of ether oxygens (including phenoxy) is 2. The van der Waals surface area contributed by atoms with Gasteiger partial charge >= 0.3 is 6.18 Å². The molecule has 0 saturated heterocycles. The van der Waals surface area contributed by atoms with Crippen molar-refractivity contribution in [1.29, 1.82) is 0 Å². The SMILES string of the molecule is CCOc1cc(CNC(=NC)NCc2ccc(COCC(F)(F)F)cc2)ccn1.I. The molecule has 30 heavy (non-hydrogen) atoms. The Kier molecular flexibility index (Phi) is 11.5. The van der Waals surface area contributed by atoms with Crippen molar-refractivity contribution in [2.45, 2.75) is 32.8 Å². The van der Waals surface area contributed by atoms with Crippen LogP contribution in [0, 0.1) is 0 Å². The molecule has 0 spiro atoms. The average Bonchev–Trinajstić information content (AvgIpc) is 2.69. The van der Waals surface area contributed by atoms with Gasteiger partial charge in [0.2, 0.25) is 5.88 Å². The van der Waals surface area contributed by atoms with Crippen molar-refractivity contribution in [3.63, 3.8) is 0 Å². The van der Waals surface area contributed by atoms with Gasteiger partial charge in [-0.15, -0.1) is 24.0 Å². The third-order valence-corrected chi connectivity index (χ3v) is 3.79. The van der Waals surface area contributed by atoms with Gasteiger partial charge in [-0.05, 0) is 29.7 Å². The highest BCUT2D eigenvalue weighted by molar-refractivity contribution is 14.0. The lowest BCUT2D eigenvalue weighted by Crippen LogP contribution is -2.36. The lowest BCUT2D eigenvalue weighted by atomic mass is 10.1. The average molecular weight is 538 g/mol. The fourth-order valence-corrected chi connectivity index (χ4v) is 2.42. The number of guanidine groups is 1. The van der Waals surface area contributed by atoms with Crippen LogP contribution in [0.1, 0.15) is 23.6 Å². The molecule has 0 radical (unpaired) electrons. The third kappa shape index (κ3) is 10.1. The lowest BCUT2D eigenvalue weighted by Gasteiger charge is -2.13. The molecule has 0 unspecified atom stereocenters. The summed E-state index contributed by atoms with van der Waals surface area (Å²) in [6.45, 7) is 2.20. The van der Waals surface area contributed by atoms with E-state index in [1.165, 1.54) is 0 Å². The Balaban J connectivity index is 0.00000450. The molecular weight excluding hydrogens is 512 g/mol. The minimum absolute atomic E-state index is 0. The van der Waals surface area contributed by atoms with E-state index >= 15 is 0 Å². The molecule has 0 aliphatic heterocycles. The van der Waals surface area contributed by atoms with Crippen LogP contribution in [-0.4, -0.2) is 37.4 Å². The Bertz CT molecular complexity index is 786. The molecule has 2 rings (SSSR count). The van der Waals surface area contributed by atoms with Gasteiger partial charge in [0.05, 0.1) is 13.2 Å². The molecule has 166 valence electrons. The number of halogens is 4. The highest BCUT2D eigenvalue weighted by Gasteiger charge is 2.27. The van der Waals surface area contributed by atoms with Crippen LogP contribution in [0.15, 0.2) is 47.6 Å². The molecule has 0 amide bonds. The minimum atomic E-state index is -4.31. The van der Waals surface area contributed by atoms with E-state index in [1.54, 1.807) is 25.4 Å². The van der Waals surface area contributed by atoms with Gasteiger partial charge < -0.3 is 20.1 Å². The van der Waals surface area contributed by atoms with Gasteiger partial charge in [0.15, 0.2) is 5.96 Å². The summed E-state index contributed by atoms with van der Waals surface area (Å²) in [6.07, 6.45) is -2.62. The van der Waals surface area contributed by atoms with Gasteiger partial charge in [-0.2, -0.15) is 13.2 Å². The Morgan fingerprint density at radius 2 is 1.67 bits per heavy atom. The van der Waals surface area contributed by atoms with Crippen LogP contribution < -0.4 is 15.4 Å². The maximum Gasteiger partial charge on any atom is 0.411 e. The Hall–Kier alpha value is -2.08. The van der Waals surface area contributed by atoms with Crippen LogP contribution in [-0.2, 0) is 24.4 Å². The number of benzene rings is 1. The smallest absolute Gasteiger partial charge is 0.411 e. The van der Waals surface area contributed by atoms with Gasteiger partial charge in [0.25, 0.3) is 0 Å². The number of rotatable bonds is 9. The Morgan fingerprint density at radius 1 is 1.03 bits per heavy atom. The molecule has 1 aromatic heterocycles. The van der Waals surface area contributed by atoms with E-state index in [0.717, 1.165) is 11.1 Å². The fourth-order valence-electron chi connectivity index (χ4n) is 2.42. The van der Waals surface area contributed by atoms with Gasteiger partial charge in [-0.1, -0.05) is 24.3 Å². The van der Waals surface area contributed by atoms with Crippen molar-refractivity contribution in [3.8, 4) is 5.88 Å². The third-order valence-electron chi connectivity index (χ3n) is 3.79. The Morgan fingerprint density at radius 3 is 2.27 bits per heavy atom. The highest BCUT2D eigenvalue weighted by atomic mass is 127. The van der Waals surface area contributed by atoms with Crippen molar-refractivity contribution in [1.82, 2.24) is 15.6 Å². The van der Waals surface area contributed by atoms with Crippen LogP contribution >= 0.6 is 24.0 Å². The van der Waals surface area contributed by atoms with E-state index in [0.29, 0.717) is 37.1 Å². The van der Waals surface area contributed by atoms with E-state index in [9.17, 15) is 13.2 Å². The zero-order valence-electron chi connectivity index (χ0n) is 16.8. The lowest BCUT2D eigenvalue weighted by molar-refractivity contribution is -0.176. The molecule has 1 aromatic carbocycles. The maximum atomic E-state index is 12.1. The van der Waals surface area contributed by atoms with Crippen LogP contribution in [0.25, 0.3) is 0 Å². The van der Waals surface area contributed by atoms with E-state index in [2.05, 4.69) is 25.3 Å². The number of aromatic nitrogens is 1. The zero-order chi connectivity index (χ0) is 21.1. The molecule has 2 aromatic rings. The van der Waals surface area contributed by atoms with Gasteiger partial charge in [-0.3, -0.25) is 4.99 Å². The predicted octanol–water partition coefficient (Wildman–Crippen LogP) is 4.04. The van der Waals surface area contributed by atoms with Gasteiger partial charge in [-0.25, -0.2) is 4.98 Å². The van der Waals surface area contributed by atoms with Crippen molar-refractivity contribution in [2.24, 2.45) is 4.99 Å². The molecule has 0 aliphatic rings. The fraction of sp³-hybridized carbons (Fsp3) is 0.400. The number of hydrogen-bond acceptors (Lipinski definition) is 4. The van der Waals surface area contributed by atoms with Crippen molar-refractivity contribution in [3.05, 3.63) is 59.3 Å². The second-order valence-corrected chi connectivity index (χ2v) is 6.14. The zero-order valence-corrected chi connectivity index (χ0v) is 19.2. The molecule has 0 atom stereocenters. The monoisotopic (exact) mass is 538 g/mol.